The van der Waals surface area contributed by atoms with Crippen LogP contribution in [0.5, 0.6) is 0 Å². The molecule has 1 amide bonds. The second-order valence-electron chi connectivity index (χ2n) is 5.83. The monoisotopic (exact) mass is 289 g/mol. The number of anilines is 1. The molecule has 2 N–H and O–H groups in total. The van der Waals surface area contributed by atoms with Crippen LogP contribution in [0.15, 0.2) is 24.3 Å². The normalized spacial score (nSPS) is 15.0. The molecule has 0 aliphatic heterocycles. The van der Waals surface area contributed by atoms with Gasteiger partial charge >= 0.3 is 5.97 Å². The van der Waals surface area contributed by atoms with Gasteiger partial charge in [-0.15, -0.1) is 0 Å². The van der Waals surface area contributed by atoms with E-state index in [-0.39, 0.29) is 12.3 Å². The molecule has 21 heavy (non-hydrogen) atoms. The number of carbonyl (C=O) groups is 2. The number of amides is 1. The predicted molar refractivity (Wildman–Crippen MR) is 82.2 cm³/mol. The van der Waals surface area contributed by atoms with Gasteiger partial charge in [-0.05, 0) is 36.5 Å². The molecule has 0 spiro atoms. The Labute approximate surface area is 125 Å². The van der Waals surface area contributed by atoms with Crippen LogP contribution < -0.4 is 5.32 Å². The Bertz CT molecular complexity index is 475. The van der Waals surface area contributed by atoms with Gasteiger partial charge in [0.05, 0.1) is 0 Å². The molecule has 0 saturated heterocycles. The van der Waals surface area contributed by atoms with Gasteiger partial charge in [0.25, 0.3) is 0 Å². The third kappa shape index (κ3) is 5.58. The summed E-state index contributed by atoms with van der Waals surface area (Å²) >= 11 is 0. The second-order valence-corrected chi connectivity index (χ2v) is 5.83. The van der Waals surface area contributed by atoms with Gasteiger partial charge in [-0.3, -0.25) is 9.59 Å². The molecule has 0 aromatic heterocycles. The molecular formula is C17H23NO3. The fourth-order valence-electron chi connectivity index (χ4n) is 2.86. The highest BCUT2D eigenvalue weighted by Crippen LogP contribution is 2.28. The quantitative estimate of drug-likeness (QED) is 0.805. The molecule has 1 aliphatic carbocycles. The maximum absolute atomic E-state index is 11.9. The van der Waals surface area contributed by atoms with Gasteiger partial charge in [-0.2, -0.15) is 0 Å². The van der Waals surface area contributed by atoms with E-state index in [0.29, 0.717) is 12.8 Å². The first-order chi connectivity index (χ1) is 10.1. The van der Waals surface area contributed by atoms with Crippen molar-refractivity contribution in [1.29, 1.82) is 0 Å². The van der Waals surface area contributed by atoms with Gasteiger partial charge in [-0.1, -0.05) is 37.8 Å². The lowest BCUT2D eigenvalue weighted by Gasteiger charge is -2.09. The zero-order chi connectivity index (χ0) is 15.1. The molecule has 1 aromatic carbocycles. The standard InChI is InChI=1S/C17H23NO3/c19-16(11-7-13-3-1-2-4-13)18-15-9-5-14(6-10-15)8-12-17(20)21/h5-6,9-10,13H,1-4,7-8,11-12H2,(H,18,19)(H,20,21). The van der Waals surface area contributed by atoms with Crippen molar-refractivity contribution in [3.8, 4) is 0 Å². The molecule has 1 fully saturated rings. The molecule has 0 bridgehead atoms. The number of nitrogens with one attached hydrogen (secondary N) is 1. The molecule has 0 unspecified atom stereocenters. The van der Waals surface area contributed by atoms with Crippen LogP contribution in [0.3, 0.4) is 0 Å². The van der Waals surface area contributed by atoms with Crippen LogP contribution in [0.2, 0.25) is 0 Å². The molecule has 0 atom stereocenters. The van der Waals surface area contributed by atoms with Crippen LogP contribution in [0, 0.1) is 5.92 Å². The summed E-state index contributed by atoms with van der Waals surface area (Å²) in [5, 5.41) is 11.5. The third-order valence-electron chi connectivity index (χ3n) is 4.12. The fourth-order valence-corrected chi connectivity index (χ4v) is 2.86. The minimum atomic E-state index is -0.792. The summed E-state index contributed by atoms with van der Waals surface area (Å²) in [7, 11) is 0. The number of carbonyl (C=O) groups excluding carboxylic acids is 1. The number of hydrogen-bond donors (Lipinski definition) is 2. The molecule has 2 rings (SSSR count). The predicted octanol–water partition coefficient (Wildman–Crippen LogP) is 3.61. The van der Waals surface area contributed by atoms with Gasteiger partial charge in [0.2, 0.25) is 5.91 Å². The molecule has 4 heteroatoms. The number of hydrogen-bond acceptors (Lipinski definition) is 2. The highest BCUT2D eigenvalue weighted by molar-refractivity contribution is 5.90. The highest BCUT2D eigenvalue weighted by Gasteiger charge is 2.16. The van der Waals surface area contributed by atoms with E-state index in [4.69, 9.17) is 5.11 Å². The van der Waals surface area contributed by atoms with Gasteiger partial charge in [0.1, 0.15) is 0 Å². The van der Waals surface area contributed by atoms with Crippen molar-refractivity contribution >= 4 is 17.6 Å². The van der Waals surface area contributed by atoms with Crippen molar-refractivity contribution in [2.75, 3.05) is 5.32 Å². The van der Waals surface area contributed by atoms with E-state index in [1.165, 1.54) is 25.7 Å². The van der Waals surface area contributed by atoms with Gasteiger partial charge in [-0.25, -0.2) is 0 Å². The van der Waals surface area contributed by atoms with Gasteiger partial charge in [0.15, 0.2) is 0 Å². The average Bonchev–Trinajstić information content (AvgIpc) is 2.98. The first-order valence-electron chi connectivity index (χ1n) is 7.74. The largest absolute Gasteiger partial charge is 0.481 e. The van der Waals surface area contributed by atoms with Crippen molar-refractivity contribution in [3.63, 3.8) is 0 Å². The fraction of sp³-hybridized carbons (Fsp3) is 0.529. The van der Waals surface area contributed by atoms with Crippen molar-refractivity contribution < 1.29 is 14.7 Å². The minimum Gasteiger partial charge on any atom is -0.481 e. The molecule has 0 radical (unpaired) electrons. The Kier molecular flexibility index (Phi) is 5.78. The number of benzene rings is 1. The summed E-state index contributed by atoms with van der Waals surface area (Å²) in [6.07, 6.45) is 7.39. The molecule has 1 aromatic rings. The molecular weight excluding hydrogens is 266 g/mol. The van der Waals surface area contributed by atoms with E-state index in [2.05, 4.69) is 5.32 Å². The maximum Gasteiger partial charge on any atom is 0.303 e. The van der Waals surface area contributed by atoms with E-state index >= 15 is 0 Å². The second kappa shape index (κ2) is 7.81. The number of carboxylic acids is 1. The zero-order valence-corrected chi connectivity index (χ0v) is 12.3. The lowest BCUT2D eigenvalue weighted by atomic mass is 10.0. The Morgan fingerprint density at radius 3 is 2.38 bits per heavy atom. The van der Waals surface area contributed by atoms with E-state index < -0.39 is 5.97 Å². The molecule has 4 nitrogen and oxygen atoms in total. The molecule has 1 saturated carbocycles. The first-order valence-corrected chi connectivity index (χ1v) is 7.74. The van der Waals surface area contributed by atoms with Crippen LogP contribution in [0.1, 0.15) is 50.5 Å². The minimum absolute atomic E-state index is 0.0696. The van der Waals surface area contributed by atoms with Crippen molar-refractivity contribution in [3.05, 3.63) is 29.8 Å². The van der Waals surface area contributed by atoms with E-state index in [9.17, 15) is 9.59 Å². The summed E-state index contributed by atoms with van der Waals surface area (Å²) in [4.78, 5) is 22.4. The van der Waals surface area contributed by atoms with Crippen molar-refractivity contribution in [2.45, 2.75) is 51.4 Å². The van der Waals surface area contributed by atoms with Gasteiger partial charge in [0, 0.05) is 18.5 Å². The third-order valence-corrected chi connectivity index (χ3v) is 4.12. The van der Waals surface area contributed by atoms with Crippen LogP contribution in [0.4, 0.5) is 5.69 Å². The van der Waals surface area contributed by atoms with Crippen molar-refractivity contribution in [1.82, 2.24) is 0 Å². The Morgan fingerprint density at radius 2 is 1.76 bits per heavy atom. The van der Waals surface area contributed by atoms with Crippen molar-refractivity contribution in [2.24, 2.45) is 5.92 Å². The Morgan fingerprint density at radius 1 is 1.10 bits per heavy atom. The topological polar surface area (TPSA) is 66.4 Å². The molecule has 1 aliphatic rings. The number of aliphatic carboxylic acids is 1. The lowest BCUT2D eigenvalue weighted by molar-refractivity contribution is -0.137. The molecule has 114 valence electrons. The number of aryl methyl sites for hydroxylation is 1. The molecule has 0 heterocycles. The van der Waals surface area contributed by atoms with E-state index in [0.717, 1.165) is 23.6 Å². The van der Waals surface area contributed by atoms with Crippen LogP contribution in [-0.4, -0.2) is 17.0 Å². The smallest absolute Gasteiger partial charge is 0.303 e. The average molecular weight is 289 g/mol. The highest BCUT2D eigenvalue weighted by atomic mass is 16.4. The SMILES string of the molecule is O=C(O)CCc1ccc(NC(=O)CCC2CCCC2)cc1. The van der Waals surface area contributed by atoms with E-state index in [1.807, 2.05) is 24.3 Å². The maximum atomic E-state index is 11.9. The summed E-state index contributed by atoms with van der Waals surface area (Å²) in [5.74, 6) is 0.00798. The summed E-state index contributed by atoms with van der Waals surface area (Å²) < 4.78 is 0. The Balaban J connectivity index is 1.73. The Hall–Kier alpha value is -1.84. The summed E-state index contributed by atoms with van der Waals surface area (Å²) in [5.41, 5.74) is 1.76. The lowest BCUT2D eigenvalue weighted by Crippen LogP contribution is -2.12. The van der Waals surface area contributed by atoms with Gasteiger partial charge < -0.3 is 10.4 Å². The number of rotatable bonds is 7. The van der Waals surface area contributed by atoms with Crippen LogP contribution in [-0.2, 0) is 16.0 Å². The first kappa shape index (κ1) is 15.5. The van der Waals surface area contributed by atoms with E-state index in [1.54, 1.807) is 0 Å². The summed E-state index contributed by atoms with van der Waals surface area (Å²) in [6.45, 7) is 0. The van der Waals surface area contributed by atoms with Crippen LogP contribution in [0.25, 0.3) is 0 Å². The number of carboxylic acid groups (broad SMARTS) is 1. The summed E-state index contributed by atoms with van der Waals surface area (Å²) in [6, 6.07) is 7.42. The van der Waals surface area contributed by atoms with Crippen LogP contribution >= 0.6 is 0 Å². The zero-order valence-electron chi connectivity index (χ0n) is 12.3.